The molecule has 4 heteroatoms. The minimum absolute atomic E-state index is 0.183. The fourth-order valence-electron chi connectivity index (χ4n) is 1.95. The number of rotatable bonds is 1. The minimum Gasteiger partial charge on any atom is -0.399 e. The van der Waals surface area contributed by atoms with Crippen LogP contribution in [0.1, 0.15) is 11.1 Å². The Hall–Kier alpha value is -1.97. The topological polar surface area (TPSA) is 26.0 Å². The van der Waals surface area contributed by atoms with Gasteiger partial charge in [-0.2, -0.15) is 13.2 Å². The molecule has 2 N–H and O–H groups in total. The second-order valence-electron chi connectivity index (χ2n) is 4.12. The fraction of sp³-hybridized carbons (Fsp3) is 0.143. The van der Waals surface area contributed by atoms with Crippen molar-refractivity contribution in [2.24, 2.45) is 0 Å². The summed E-state index contributed by atoms with van der Waals surface area (Å²) < 4.78 is 38.8. The number of halogens is 3. The second-order valence-corrected chi connectivity index (χ2v) is 4.12. The molecule has 2 aromatic rings. The van der Waals surface area contributed by atoms with E-state index in [2.05, 4.69) is 0 Å². The molecule has 0 aliphatic heterocycles. The predicted octanol–water partition coefficient (Wildman–Crippen LogP) is 4.26. The molecule has 1 nitrogen and oxygen atoms in total. The summed E-state index contributed by atoms with van der Waals surface area (Å²) in [5.74, 6) is 0. The van der Waals surface area contributed by atoms with Crippen molar-refractivity contribution in [2.45, 2.75) is 13.1 Å². The largest absolute Gasteiger partial charge is 0.417 e. The van der Waals surface area contributed by atoms with Crippen molar-refractivity contribution in [3.8, 4) is 11.1 Å². The van der Waals surface area contributed by atoms with Crippen LogP contribution in [0.5, 0.6) is 0 Å². The van der Waals surface area contributed by atoms with E-state index in [4.69, 9.17) is 5.73 Å². The maximum atomic E-state index is 12.9. The van der Waals surface area contributed by atoms with Crippen LogP contribution in [0.15, 0.2) is 42.5 Å². The SMILES string of the molecule is Cc1cc(N)ccc1-c1ccccc1C(F)(F)F. The molecule has 0 fully saturated rings. The Morgan fingerprint density at radius 1 is 0.944 bits per heavy atom. The van der Waals surface area contributed by atoms with E-state index in [-0.39, 0.29) is 5.56 Å². The molecular weight excluding hydrogens is 239 g/mol. The lowest BCUT2D eigenvalue weighted by Gasteiger charge is -2.14. The van der Waals surface area contributed by atoms with Crippen molar-refractivity contribution in [1.29, 1.82) is 0 Å². The smallest absolute Gasteiger partial charge is 0.399 e. The van der Waals surface area contributed by atoms with E-state index in [0.717, 1.165) is 11.6 Å². The number of anilines is 1. The molecule has 0 aliphatic rings. The van der Waals surface area contributed by atoms with E-state index in [1.165, 1.54) is 12.1 Å². The highest BCUT2D eigenvalue weighted by Crippen LogP contribution is 2.38. The minimum atomic E-state index is -4.36. The number of alkyl halides is 3. The molecule has 0 bridgehead atoms. The lowest BCUT2D eigenvalue weighted by atomic mass is 9.95. The summed E-state index contributed by atoms with van der Waals surface area (Å²) in [6.07, 6.45) is -4.36. The van der Waals surface area contributed by atoms with Crippen LogP contribution in [-0.4, -0.2) is 0 Å². The molecule has 94 valence electrons. The highest BCUT2D eigenvalue weighted by Gasteiger charge is 2.33. The van der Waals surface area contributed by atoms with Gasteiger partial charge in [0.25, 0.3) is 0 Å². The Bertz CT molecular complexity index is 573. The highest BCUT2D eigenvalue weighted by molar-refractivity contribution is 5.72. The second kappa shape index (κ2) is 4.37. The molecule has 0 unspecified atom stereocenters. The van der Waals surface area contributed by atoms with Crippen LogP contribution in [-0.2, 0) is 6.18 Å². The molecule has 2 aromatic carbocycles. The summed E-state index contributed by atoms with van der Waals surface area (Å²) in [6, 6.07) is 10.4. The van der Waals surface area contributed by atoms with Crippen molar-refractivity contribution in [3.63, 3.8) is 0 Å². The van der Waals surface area contributed by atoms with E-state index in [9.17, 15) is 13.2 Å². The monoisotopic (exact) mass is 251 g/mol. The van der Waals surface area contributed by atoms with Crippen LogP contribution in [0, 0.1) is 6.92 Å². The van der Waals surface area contributed by atoms with Gasteiger partial charge in [0.1, 0.15) is 0 Å². The Morgan fingerprint density at radius 2 is 1.61 bits per heavy atom. The number of hydrogen-bond donors (Lipinski definition) is 1. The normalized spacial score (nSPS) is 11.6. The first kappa shape index (κ1) is 12.5. The zero-order valence-corrected chi connectivity index (χ0v) is 9.75. The first-order valence-electron chi connectivity index (χ1n) is 5.42. The summed E-state index contributed by atoms with van der Waals surface area (Å²) >= 11 is 0. The third-order valence-electron chi connectivity index (χ3n) is 2.77. The lowest BCUT2D eigenvalue weighted by Crippen LogP contribution is -2.07. The summed E-state index contributed by atoms with van der Waals surface area (Å²) in [4.78, 5) is 0. The Balaban J connectivity index is 2.64. The van der Waals surface area contributed by atoms with Gasteiger partial charge in [-0.25, -0.2) is 0 Å². The highest BCUT2D eigenvalue weighted by atomic mass is 19.4. The van der Waals surface area contributed by atoms with Crippen LogP contribution >= 0.6 is 0 Å². The zero-order chi connectivity index (χ0) is 13.3. The standard InChI is InChI=1S/C14H12F3N/c1-9-8-10(18)6-7-11(9)12-4-2-3-5-13(12)14(15,16)17/h2-8H,18H2,1H3. The van der Waals surface area contributed by atoms with Crippen molar-refractivity contribution in [2.75, 3.05) is 5.73 Å². The van der Waals surface area contributed by atoms with Crippen molar-refractivity contribution >= 4 is 5.69 Å². The molecule has 0 atom stereocenters. The van der Waals surface area contributed by atoms with Gasteiger partial charge in [0.2, 0.25) is 0 Å². The van der Waals surface area contributed by atoms with Crippen molar-refractivity contribution < 1.29 is 13.2 Å². The number of nitrogens with two attached hydrogens (primary N) is 1. The van der Waals surface area contributed by atoms with Gasteiger partial charge >= 0.3 is 6.18 Å². The van der Waals surface area contributed by atoms with E-state index in [1.807, 2.05) is 0 Å². The van der Waals surface area contributed by atoms with Crippen LogP contribution in [0.25, 0.3) is 11.1 Å². The van der Waals surface area contributed by atoms with Gasteiger partial charge in [0, 0.05) is 5.69 Å². The molecule has 18 heavy (non-hydrogen) atoms. The van der Waals surface area contributed by atoms with Gasteiger partial charge in [0.15, 0.2) is 0 Å². The van der Waals surface area contributed by atoms with Crippen molar-refractivity contribution in [3.05, 3.63) is 53.6 Å². The van der Waals surface area contributed by atoms with Crippen LogP contribution in [0.2, 0.25) is 0 Å². The van der Waals surface area contributed by atoms with Crippen molar-refractivity contribution in [1.82, 2.24) is 0 Å². The van der Waals surface area contributed by atoms with Crippen LogP contribution in [0.3, 0.4) is 0 Å². The third-order valence-corrected chi connectivity index (χ3v) is 2.77. The number of benzene rings is 2. The summed E-state index contributed by atoms with van der Waals surface area (Å²) in [5, 5.41) is 0. The third kappa shape index (κ3) is 2.32. The average molecular weight is 251 g/mol. The summed E-state index contributed by atoms with van der Waals surface area (Å²) in [5.41, 5.74) is 6.99. The predicted molar refractivity (Wildman–Crippen MR) is 66.0 cm³/mol. The maximum absolute atomic E-state index is 12.9. The van der Waals surface area contributed by atoms with Crippen LogP contribution in [0.4, 0.5) is 18.9 Å². The van der Waals surface area contributed by atoms with E-state index < -0.39 is 11.7 Å². The van der Waals surface area contributed by atoms with Gasteiger partial charge in [-0.3, -0.25) is 0 Å². The summed E-state index contributed by atoms with van der Waals surface area (Å²) in [6.45, 7) is 1.75. The molecule has 0 radical (unpaired) electrons. The first-order chi connectivity index (χ1) is 8.39. The molecule has 2 rings (SSSR count). The molecule has 0 saturated carbocycles. The summed E-state index contributed by atoms with van der Waals surface area (Å²) in [7, 11) is 0. The Labute approximate surface area is 103 Å². The molecule has 0 saturated heterocycles. The fourth-order valence-corrected chi connectivity index (χ4v) is 1.95. The quantitative estimate of drug-likeness (QED) is 0.753. The molecule has 0 heterocycles. The van der Waals surface area contributed by atoms with E-state index in [0.29, 0.717) is 11.3 Å². The van der Waals surface area contributed by atoms with Gasteiger partial charge < -0.3 is 5.73 Å². The van der Waals surface area contributed by atoms with Gasteiger partial charge in [-0.05, 0) is 41.8 Å². The number of nitrogen functional groups attached to an aromatic ring is 1. The van der Waals surface area contributed by atoms with E-state index >= 15 is 0 Å². The van der Waals surface area contributed by atoms with Crippen LogP contribution < -0.4 is 5.73 Å². The molecule has 0 aliphatic carbocycles. The maximum Gasteiger partial charge on any atom is 0.417 e. The molecule has 0 amide bonds. The zero-order valence-electron chi connectivity index (χ0n) is 9.75. The van der Waals surface area contributed by atoms with Gasteiger partial charge in [-0.15, -0.1) is 0 Å². The molecule has 0 aromatic heterocycles. The molecule has 0 spiro atoms. The van der Waals surface area contributed by atoms with Gasteiger partial charge in [-0.1, -0.05) is 24.3 Å². The molecular formula is C14H12F3N. The lowest BCUT2D eigenvalue weighted by molar-refractivity contribution is -0.137. The van der Waals surface area contributed by atoms with Gasteiger partial charge in [0.05, 0.1) is 5.56 Å². The first-order valence-corrected chi connectivity index (χ1v) is 5.42. The number of aryl methyl sites for hydroxylation is 1. The average Bonchev–Trinajstić information content (AvgIpc) is 2.28. The number of hydrogen-bond acceptors (Lipinski definition) is 1. The Kier molecular flexibility index (Phi) is 3.03. The Morgan fingerprint density at radius 3 is 2.22 bits per heavy atom. The van der Waals surface area contributed by atoms with E-state index in [1.54, 1.807) is 31.2 Å².